The highest BCUT2D eigenvalue weighted by Gasteiger charge is 2.20. The van der Waals surface area contributed by atoms with Gasteiger partial charge in [-0.15, -0.1) is 0 Å². The zero-order chi connectivity index (χ0) is 19.3. The molecule has 0 spiro atoms. The lowest BCUT2D eigenvalue weighted by atomic mass is 9.98. The molecule has 28 heavy (non-hydrogen) atoms. The summed E-state index contributed by atoms with van der Waals surface area (Å²) in [6.07, 6.45) is 6.00. The molecule has 1 fully saturated rings. The summed E-state index contributed by atoms with van der Waals surface area (Å²) >= 11 is 0. The lowest BCUT2D eigenvalue weighted by Gasteiger charge is -2.22. The third-order valence-corrected chi connectivity index (χ3v) is 4.69. The largest absolute Gasteiger partial charge is 0.340 e. The van der Waals surface area contributed by atoms with Gasteiger partial charge in [-0.1, -0.05) is 6.07 Å². The van der Waals surface area contributed by atoms with E-state index in [0.717, 1.165) is 43.6 Å². The molecule has 6 nitrogen and oxygen atoms in total. The van der Waals surface area contributed by atoms with Crippen LogP contribution in [0.15, 0.2) is 48.8 Å². The second-order valence-electron chi connectivity index (χ2n) is 6.80. The minimum absolute atomic E-state index is 0.198. The number of nitrogens with one attached hydrogen (secondary N) is 2. The second kappa shape index (κ2) is 8.22. The highest BCUT2D eigenvalue weighted by Crippen LogP contribution is 2.27. The van der Waals surface area contributed by atoms with Crippen LogP contribution in [0.5, 0.6) is 0 Å². The average molecular weight is 377 g/mol. The molecule has 4 rings (SSSR count). The molecular weight excluding hydrogens is 357 g/mol. The van der Waals surface area contributed by atoms with E-state index in [9.17, 15) is 9.18 Å². The Balaban J connectivity index is 1.74. The van der Waals surface area contributed by atoms with Crippen LogP contribution in [0.2, 0.25) is 0 Å². The van der Waals surface area contributed by atoms with Crippen LogP contribution in [0.1, 0.15) is 34.9 Å². The maximum absolute atomic E-state index is 13.5. The van der Waals surface area contributed by atoms with Crippen LogP contribution in [0.4, 0.5) is 15.9 Å². The van der Waals surface area contributed by atoms with Crippen LogP contribution < -0.4 is 10.6 Å². The number of nitrogens with zero attached hydrogens (tertiary/aromatic N) is 3. The van der Waals surface area contributed by atoms with Crippen molar-refractivity contribution in [3.05, 3.63) is 66.0 Å². The van der Waals surface area contributed by atoms with Gasteiger partial charge in [0.05, 0.1) is 5.69 Å². The number of carbonyl (C=O) groups excluding carboxylic acids is 1. The van der Waals surface area contributed by atoms with E-state index in [1.165, 1.54) is 18.3 Å². The van der Waals surface area contributed by atoms with Gasteiger partial charge in [-0.2, -0.15) is 0 Å². The third-order valence-electron chi connectivity index (χ3n) is 4.69. The first-order chi connectivity index (χ1) is 13.7. The molecule has 1 unspecified atom stereocenters. The van der Waals surface area contributed by atoms with E-state index in [-0.39, 0.29) is 11.7 Å². The SMILES string of the molecule is O=Cc1cncc(-c2cc(Nc3cccc(F)c3)nc(C3CCCNC3)n2)c1. The van der Waals surface area contributed by atoms with E-state index in [0.29, 0.717) is 22.8 Å². The lowest BCUT2D eigenvalue weighted by molar-refractivity contribution is 0.112. The molecule has 0 aliphatic carbocycles. The second-order valence-corrected chi connectivity index (χ2v) is 6.80. The Morgan fingerprint density at radius 2 is 2.11 bits per heavy atom. The summed E-state index contributed by atoms with van der Waals surface area (Å²) < 4.78 is 13.5. The Kier molecular flexibility index (Phi) is 5.34. The molecule has 142 valence electrons. The van der Waals surface area contributed by atoms with E-state index in [4.69, 9.17) is 4.98 Å². The Morgan fingerprint density at radius 1 is 1.18 bits per heavy atom. The summed E-state index contributed by atoms with van der Waals surface area (Å²) in [4.78, 5) is 24.7. The molecule has 1 aliphatic heterocycles. The zero-order valence-corrected chi connectivity index (χ0v) is 15.2. The summed E-state index contributed by atoms with van der Waals surface area (Å²) in [6.45, 7) is 1.81. The minimum atomic E-state index is -0.320. The van der Waals surface area contributed by atoms with E-state index in [1.807, 2.05) is 0 Å². The molecule has 0 radical (unpaired) electrons. The van der Waals surface area contributed by atoms with Crippen molar-refractivity contribution in [1.29, 1.82) is 0 Å². The molecule has 0 saturated carbocycles. The molecule has 1 aromatic carbocycles. The van der Waals surface area contributed by atoms with Gasteiger partial charge >= 0.3 is 0 Å². The Labute approximate surface area is 162 Å². The van der Waals surface area contributed by atoms with Crippen molar-refractivity contribution in [2.75, 3.05) is 18.4 Å². The van der Waals surface area contributed by atoms with Crippen molar-refractivity contribution >= 4 is 17.8 Å². The summed E-state index contributed by atoms with van der Waals surface area (Å²) in [7, 11) is 0. The summed E-state index contributed by atoms with van der Waals surface area (Å²) in [6, 6.07) is 9.77. The van der Waals surface area contributed by atoms with Crippen molar-refractivity contribution in [2.45, 2.75) is 18.8 Å². The number of carbonyl (C=O) groups is 1. The number of benzene rings is 1. The number of aromatic nitrogens is 3. The predicted octanol–water partition coefficient (Wildman–Crippen LogP) is 3.70. The highest BCUT2D eigenvalue weighted by atomic mass is 19.1. The predicted molar refractivity (Wildman–Crippen MR) is 105 cm³/mol. The number of anilines is 2. The molecule has 0 bridgehead atoms. The molecule has 7 heteroatoms. The van der Waals surface area contributed by atoms with Gasteiger partial charge in [0.1, 0.15) is 17.5 Å². The van der Waals surface area contributed by atoms with Gasteiger partial charge in [0, 0.05) is 47.7 Å². The molecule has 2 aromatic heterocycles. The van der Waals surface area contributed by atoms with Crippen molar-refractivity contribution < 1.29 is 9.18 Å². The van der Waals surface area contributed by atoms with Crippen LogP contribution in [-0.2, 0) is 0 Å². The molecule has 3 aromatic rings. The smallest absolute Gasteiger partial charge is 0.151 e. The maximum atomic E-state index is 13.5. The van der Waals surface area contributed by atoms with Crippen LogP contribution >= 0.6 is 0 Å². The monoisotopic (exact) mass is 377 g/mol. The number of rotatable bonds is 5. The third kappa shape index (κ3) is 4.20. The average Bonchev–Trinajstić information content (AvgIpc) is 2.74. The van der Waals surface area contributed by atoms with Gasteiger partial charge in [-0.3, -0.25) is 9.78 Å². The number of piperidine rings is 1. The Bertz CT molecular complexity index is 988. The van der Waals surface area contributed by atoms with E-state index >= 15 is 0 Å². The highest BCUT2D eigenvalue weighted by molar-refractivity contribution is 5.77. The topological polar surface area (TPSA) is 79.8 Å². The first kappa shape index (κ1) is 18.2. The van der Waals surface area contributed by atoms with Gasteiger partial charge in [-0.25, -0.2) is 14.4 Å². The van der Waals surface area contributed by atoms with Crippen LogP contribution in [0, 0.1) is 5.82 Å². The normalized spacial score (nSPS) is 16.5. The fourth-order valence-electron chi connectivity index (χ4n) is 3.31. The number of aldehydes is 1. The first-order valence-corrected chi connectivity index (χ1v) is 9.24. The molecule has 0 amide bonds. The van der Waals surface area contributed by atoms with Crippen LogP contribution in [-0.4, -0.2) is 34.3 Å². The molecular formula is C21H20FN5O. The maximum Gasteiger partial charge on any atom is 0.151 e. The molecule has 2 N–H and O–H groups in total. The standard InChI is InChI=1S/C21H20FN5O/c22-17-4-1-5-18(8-17)25-20-9-19(16-7-14(13-28)10-24-12-16)26-21(27-20)15-3-2-6-23-11-15/h1,4-5,7-10,12-13,15,23H,2-3,6,11H2,(H,25,26,27). The van der Waals surface area contributed by atoms with Crippen molar-refractivity contribution in [3.8, 4) is 11.3 Å². The number of halogens is 1. The quantitative estimate of drug-likeness (QED) is 0.660. The van der Waals surface area contributed by atoms with Gasteiger partial charge in [0.25, 0.3) is 0 Å². The molecule has 1 saturated heterocycles. The zero-order valence-electron chi connectivity index (χ0n) is 15.2. The van der Waals surface area contributed by atoms with E-state index < -0.39 is 0 Å². The van der Waals surface area contributed by atoms with Gasteiger partial charge < -0.3 is 10.6 Å². The van der Waals surface area contributed by atoms with Gasteiger partial charge in [0.2, 0.25) is 0 Å². The Hall–Kier alpha value is -3.19. The number of pyridine rings is 1. The fourth-order valence-corrected chi connectivity index (χ4v) is 3.31. The lowest BCUT2D eigenvalue weighted by Crippen LogP contribution is -2.29. The summed E-state index contributed by atoms with van der Waals surface area (Å²) in [5.41, 5.74) is 2.50. The fraction of sp³-hybridized carbons (Fsp3) is 0.238. The first-order valence-electron chi connectivity index (χ1n) is 9.24. The molecule has 1 atom stereocenters. The summed E-state index contributed by atoms with van der Waals surface area (Å²) in [5.74, 6) is 1.18. The molecule has 1 aliphatic rings. The van der Waals surface area contributed by atoms with Crippen LogP contribution in [0.3, 0.4) is 0 Å². The number of hydrogen-bond acceptors (Lipinski definition) is 6. The number of hydrogen-bond donors (Lipinski definition) is 2. The summed E-state index contributed by atoms with van der Waals surface area (Å²) in [5, 5.41) is 6.54. The van der Waals surface area contributed by atoms with E-state index in [2.05, 4.69) is 20.6 Å². The Morgan fingerprint density at radius 3 is 2.89 bits per heavy atom. The van der Waals surface area contributed by atoms with Gasteiger partial charge in [-0.05, 0) is 43.7 Å². The van der Waals surface area contributed by atoms with Crippen LogP contribution in [0.25, 0.3) is 11.3 Å². The van der Waals surface area contributed by atoms with Crippen molar-refractivity contribution in [3.63, 3.8) is 0 Å². The van der Waals surface area contributed by atoms with Gasteiger partial charge in [0.15, 0.2) is 6.29 Å². The minimum Gasteiger partial charge on any atom is -0.340 e. The van der Waals surface area contributed by atoms with Crippen molar-refractivity contribution in [1.82, 2.24) is 20.3 Å². The van der Waals surface area contributed by atoms with Crippen molar-refractivity contribution in [2.24, 2.45) is 0 Å². The van der Waals surface area contributed by atoms with E-state index in [1.54, 1.807) is 30.5 Å². The molecule has 3 heterocycles.